The first-order valence-electron chi connectivity index (χ1n) is 5.68. The summed E-state index contributed by atoms with van der Waals surface area (Å²) in [6.45, 7) is 4.19. The van der Waals surface area contributed by atoms with Crippen LogP contribution in [0.2, 0.25) is 0 Å². The Hall–Kier alpha value is -0.570. The molecule has 0 spiro atoms. The Morgan fingerprint density at radius 2 is 2.00 bits per heavy atom. The third-order valence-electron chi connectivity index (χ3n) is 3.21. The molecule has 1 aliphatic rings. The Bertz CT molecular complexity index is 195. The molecule has 0 aliphatic heterocycles. The fraction of sp³-hybridized carbons (Fsp3) is 0.909. The van der Waals surface area contributed by atoms with E-state index in [1.807, 2.05) is 0 Å². The molecule has 1 saturated carbocycles. The molecule has 14 heavy (non-hydrogen) atoms. The summed E-state index contributed by atoms with van der Waals surface area (Å²) in [5, 5.41) is 3.02. The second-order valence-electron chi connectivity index (χ2n) is 4.47. The quantitative estimate of drug-likeness (QED) is 0.704. The number of nitrogens with one attached hydrogen (secondary N) is 1. The lowest BCUT2D eigenvalue weighted by Gasteiger charge is -2.37. The maximum Gasteiger partial charge on any atom is 0.222 e. The molecule has 0 unspecified atom stereocenters. The average molecular weight is 198 g/mol. The largest absolute Gasteiger partial charge is 0.353 e. The molecule has 0 radical (unpaired) electrons. The lowest BCUT2D eigenvalue weighted by molar-refractivity contribution is -0.123. The highest BCUT2D eigenvalue weighted by atomic mass is 16.1. The van der Waals surface area contributed by atoms with Crippen molar-refractivity contribution in [1.82, 2.24) is 5.32 Å². The second-order valence-corrected chi connectivity index (χ2v) is 4.47. The Labute approximate surface area is 86.4 Å². The molecule has 3 heteroatoms. The molecule has 0 aromatic heterocycles. The highest BCUT2D eigenvalue weighted by Gasteiger charge is 2.34. The Kier molecular flexibility index (Phi) is 3.93. The van der Waals surface area contributed by atoms with Crippen LogP contribution in [0.25, 0.3) is 0 Å². The lowest BCUT2D eigenvalue weighted by Crippen LogP contribution is -2.50. The normalized spacial score (nSPS) is 19.1. The van der Waals surface area contributed by atoms with Crippen molar-refractivity contribution in [2.45, 2.75) is 64.0 Å². The van der Waals surface area contributed by atoms with Crippen molar-refractivity contribution < 1.29 is 4.79 Å². The van der Waals surface area contributed by atoms with E-state index in [2.05, 4.69) is 19.2 Å². The van der Waals surface area contributed by atoms with Crippen LogP contribution < -0.4 is 11.1 Å². The van der Waals surface area contributed by atoms with Crippen LogP contribution in [0.3, 0.4) is 0 Å². The zero-order valence-electron chi connectivity index (χ0n) is 9.31. The van der Waals surface area contributed by atoms with Crippen LogP contribution in [-0.2, 0) is 4.79 Å². The molecule has 1 amide bonds. The third-order valence-corrected chi connectivity index (χ3v) is 3.21. The van der Waals surface area contributed by atoms with Gasteiger partial charge in [-0.2, -0.15) is 0 Å². The SMILES string of the molecule is CCC(CC)NC(=O)CC1(N)CCC1. The Morgan fingerprint density at radius 3 is 2.36 bits per heavy atom. The van der Waals surface area contributed by atoms with Crippen LogP contribution in [0, 0.1) is 0 Å². The minimum Gasteiger partial charge on any atom is -0.353 e. The van der Waals surface area contributed by atoms with Crippen molar-refractivity contribution in [3.05, 3.63) is 0 Å². The van der Waals surface area contributed by atoms with E-state index in [0.717, 1.165) is 25.7 Å². The minimum absolute atomic E-state index is 0.126. The lowest BCUT2D eigenvalue weighted by atomic mass is 9.75. The van der Waals surface area contributed by atoms with Gasteiger partial charge in [-0.15, -0.1) is 0 Å². The van der Waals surface area contributed by atoms with E-state index in [1.54, 1.807) is 0 Å². The van der Waals surface area contributed by atoms with Crippen molar-refractivity contribution >= 4 is 5.91 Å². The molecule has 0 heterocycles. The van der Waals surface area contributed by atoms with Crippen molar-refractivity contribution in [2.24, 2.45) is 5.73 Å². The van der Waals surface area contributed by atoms with Crippen LogP contribution >= 0.6 is 0 Å². The molecule has 82 valence electrons. The molecule has 1 rings (SSSR count). The number of hydrogen-bond donors (Lipinski definition) is 2. The molecule has 1 aliphatic carbocycles. The standard InChI is InChI=1S/C11H22N2O/c1-3-9(4-2)13-10(14)8-11(12)6-5-7-11/h9H,3-8,12H2,1-2H3,(H,13,14). The second kappa shape index (κ2) is 4.78. The van der Waals surface area contributed by atoms with Gasteiger partial charge >= 0.3 is 0 Å². The Morgan fingerprint density at radius 1 is 1.43 bits per heavy atom. The van der Waals surface area contributed by atoms with Crippen molar-refractivity contribution in [2.75, 3.05) is 0 Å². The molecular weight excluding hydrogens is 176 g/mol. The van der Waals surface area contributed by atoms with Crippen molar-refractivity contribution in [3.8, 4) is 0 Å². The molecular formula is C11H22N2O. The fourth-order valence-electron chi connectivity index (χ4n) is 1.90. The summed E-state index contributed by atoms with van der Waals surface area (Å²) in [5.41, 5.74) is 5.82. The highest BCUT2D eigenvalue weighted by Crippen LogP contribution is 2.31. The summed E-state index contributed by atoms with van der Waals surface area (Å²) in [7, 11) is 0. The third kappa shape index (κ3) is 2.98. The molecule has 1 fully saturated rings. The predicted molar refractivity (Wildman–Crippen MR) is 57.9 cm³/mol. The summed E-state index contributed by atoms with van der Waals surface area (Å²) in [5.74, 6) is 0.126. The fourth-order valence-corrected chi connectivity index (χ4v) is 1.90. The predicted octanol–water partition coefficient (Wildman–Crippen LogP) is 1.56. The maximum atomic E-state index is 11.6. The average Bonchev–Trinajstić information content (AvgIpc) is 2.11. The first-order valence-corrected chi connectivity index (χ1v) is 5.68. The van der Waals surface area contributed by atoms with E-state index in [0.29, 0.717) is 12.5 Å². The minimum atomic E-state index is -0.184. The van der Waals surface area contributed by atoms with Gasteiger partial charge in [0.15, 0.2) is 0 Å². The van der Waals surface area contributed by atoms with Gasteiger partial charge in [0, 0.05) is 18.0 Å². The highest BCUT2D eigenvalue weighted by molar-refractivity contribution is 5.77. The number of nitrogens with two attached hydrogens (primary N) is 1. The first-order chi connectivity index (χ1) is 6.59. The maximum absolute atomic E-state index is 11.6. The van der Waals surface area contributed by atoms with E-state index >= 15 is 0 Å². The molecule has 0 aromatic carbocycles. The number of carbonyl (C=O) groups is 1. The molecule has 0 bridgehead atoms. The van der Waals surface area contributed by atoms with Crippen LogP contribution in [0.5, 0.6) is 0 Å². The number of rotatable bonds is 5. The monoisotopic (exact) mass is 198 g/mol. The van der Waals surface area contributed by atoms with Gasteiger partial charge in [-0.25, -0.2) is 0 Å². The van der Waals surface area contributed by atoms with Gasteiger partial charge in [0.1, 0.15) is 0 Å². The zero-order valence-corrected chi connectivity index (χ0v) is 9.31. The molecule has 3 nitrogen and oxygen atoms in total. The first kappa shape index (κ1) is 11.5. The van der Waals surface area contributed by atoms with E-state index in [-0.39, 0.29) is 11.4 Å². The van der Waals surface area contributed by atoms with E-state index in [1.165, 1.54) is 6.42 Å². The number of hydrogen-bond acceptors (Lipinski definition) is 2. The topological polar surface area (TPSA) is 55.1 Å². The van der Waals surface area contributed by atoms with Crippen LogP contribution in [0.15, 0.2) is 0 Å². The van der Waals surface area contributed by atoms with Gasteiger partial charge in [-0.05, 0) is 32.1 Å². The van der Waals surface area contributed by atoms with Crippen LogP contribution in [0.1, 0.15) is 52.4 Å². The van der Waals surface area contributed by atoms with Crippen LogP contribution in [-0.4, -0.2) is 17.5 Å². The summed E-state index contributed by atoms with van der Waals surface area (Å²) >= 11 is 0. The van der Waals surface area contributed by atoms with Gasteiger partial charge in [0.05, 0.1) is 0 Å². The smallest absolute Gasteiger partial charge is 0.222 e. The molecule has 0 aromatic rings. The Balaban J connectivity index is 2.27. The van der Waals surface area contributed by atoms with Crippen LogP contribution in [0.4, 0.5) is 0 Å². The van der Waals surface area contributed by atoms with E-state index in [4.69, 9.17) is 5.73 Å². The summed E-state index contributed by atoms with van der Waals surface area (Å²) in [6, 6.07) is 0.325. The molecule has 0 saturated heterocycles. The summed E-state index contributed by atoms with van der Waals surface area (Å²) in [4.78, 5) is 11.6. The van der Waals surface area contributed by atoms with Gasteiger partial charge in [-0.3, -0.25) is 4.79 Å². The summed E-state index contributed by atoms with van der Waals surface area (Å²) in [6.07, 6.45) is 5.69. The summed E-state index contributed by atoms with van der Waals surface area (Å²) < 4.78 is 0. The van der Waals surface area contributed by atoms with Gasteiger partial charge < -0.3 is 11.1 Å². The van der Waals surface area contributed by atoms with Crippen molar-refractivity contribution in [1.29, 1.82) is 0 Å². The number of amides is 1. The van der Waals surface area contributed by atoms with Gasteiger partial charge in [0.2, 0.25) is 5.91 Å². The molecule has 0 atom stereocenters. The zero-order chi connectivity index (χ0) is 10.6. The number of carbonyl (C=O) groups excluding carboxylic acids is 1. The molecule has 3 N–H and O–H groups in total. The van der Waals surface area contributed by atoms with Gasteiger partial charge in [-0.1, -0.05) is 13.8 Å². The van der Waals surface area contributed by atoms with Gasteiger partial charge in [0.25, 0.3) is 0 Å². The van der Waals surface area contributed by atoms with Crippen molar-refractivity contribution in [3.63, 3.8) is 0 Å². The van der Waals surface area contributed by atoms with E-state index < -0.39 is 0 Å². The van der Waals surface area contributed by atoms with E-state index in [9.17, 15) is 4.79 Å².